The lowest BCUT2D eigenvalue weighted by molar-refractivity contribution is 0.462. The van der Waals surface area contributed by atoms with Crippen LogP contribution in [0.2, 0.25) is 5.02 Å². The number of primary sulfonamides is 1. The van der Waals surface area contributed by atoms with Crippen LogP contribution < -0.4 is 10.5 Å². The maximum absolute atomic E-state index is 11.5. The quantitative estimate of drug-likeness (QED) is 0.575. The number of benzene rings is 1. The van der Waals surface area contributed by atoms with Gasteiger partial charge in [-0.1, -0.05) is 23.7 Å². The van der Waals surface area contributed by atoms with Gasteiger partial charge in [0.2, 0.25) is 10.0 Å². The number of nitrogens with one attached hydrogen (secondary N) is 1. The fourth-order valence-electron chi connectivity index (χ4n) is 2.50. The van der Waals surface area contributed by atoms with Crippen molar-refractivity contribution in [1.29, 1.82) is 0 Å². The molecule has 2 rings (SSSR count). The lowest BCUT2D eigenvalue weighted by atomic mass is 10.2. The smallest absolute Gasteiger partial charge is 0.238 e. The Hall–Kier alpha value is -2.03. The molecule has 0 saturated heterocycles. The van der Waals surface area contributed by atoms with E-state index in [9.17, 15) is 8.42 Å². The fraction of sp³-hybridized carbons (Fsp3) is 0.353. The van der Waals surface area contributed by atoms with E-state index in [1.54, 1.807) is 12.1 Å². The molecule has 0 radical (unpaired) electrons. The molecular formula is C17H24ClN5O2S. The minimum atomic E-state index is -3.72. The van der Waals surface area contributed by atoms with Gasteiger partial charge in [0.05, 0.1) is 23.0 Å². The topological polar surface area (TPSA) is 92.7 Å². The summed E-state index contributed by atoms with van der Waals surface area (Å²) in [6, 6.07) is 8.40. The number of halogens is 1. The van der Waals surface area contributed by atoms with Gasteiger partial charge >= 0.3 is 0 Å². The van der Waals surface area contributed by atoms with Gasteiger partial charge in [0.15, 0.2) is 5.96 Å². The number of aryl methyl sites for hydroxylation is 1. The van der Waals surface area contributed by atoms with Crippen LogP contribution >= 0.6 is 11.6 Å². The first-order chi connectivity index (χ1) is 12.2. The van der Waals surface area contributed by atoms with Crippen LogP contribution in [0, 0.1) is 0 Å². The molecule has 0 aliphatic rings. The van der Waals surface area contributed by atoms with Crippen molar-refractivity contribution in [2.24, 2.45) is 17.2 Å². The summed E-state index contributed by atoms with van der Waals surface area (Å²) in [5, 5.41) is 9.11. The summed E-state index contributed by atoms with van der Waals surface area (Å²) in [5.41, 5.74) is 1.82. The molecule has 0 saturated carbocycles. The summed E-state index contributed by atoms with van der Waals surface area (Å²) in [6.07, 6.45) is 1.85. The number of nitrogens with zero attached hydrogens (tertiary/aromatic N) is 3. The van der Waals surface area contributed by atoms with E-state index in [2.05, 4.69) is 10.3 Å². The predicted molar refractivity (Wildman–Crippen MR) is 105 cm³/mol. The molecule has 0 atom stereocenters. The Balaban J connectivity index is 2.17. The summed E-state index contributed by atoms with van der Waals surface area (Å²) < 4.78 is 24.9. The Morgan fingerprint density at radius 3 is 2.69 bits per heavy atom. The summed E-state index contributed by atoms with van der Waals surface area (Å²) in [5.74, 6) is 0.714. The van der Waals surface area contributed by atoms with Gasteiger partial charge < -0.3 is 14.8 Å². The minimum Gasteiger partial charge on any atom is -0.357 e. The summed E-state index contributed by atoms with van der Waals surface area (Å²) in [6.45, 7) is 3.68. The van der Waals surface area contributed by atoms with Gasteiger partial charge in [-0.15, -0.1) is 0 Å². The molecule has 2 aromatic rings. The maximum atomic E-state index is 11.5. The van der Waals surface area contributed by atoms with Gasteiger partial charge in [-0.2, -0.15) is 0 Å². The first-order valence-electron chi connectivity index (χ1n) is 8.12. The van der Waals surface area contributed by atoms with Crippen molar-refractivity contribution < 1.29 is 8.42 Å². The second kappa shape index (κ2) is 8.57. The standard InChI is InChI=1S/C17H24ClN5O2S/c1-4-20-17(23(3)12-15-9-14(18)11-22(15)2)21-10-13-6-5-7-16(8-13)26(19,24)25/h5-9,11H,4,10,12H2,1-3H3,(H,20,21)(H2,19,24,25). The molecular weight excluding hydrogens is 374 g/mol. The van der Waals surface area contributed by atoms with Crippen molar-refractivity contribution >= 4 is 27.6 Å². The molecule has 3 N–H and O–H groups in total. The molecule has 0 spiro atoms. The highest BCUT2D eigenvalue weighted by molar-refractivity contribution is 7.89. The summed E-state index contributed by atoms with van der Waals surface area (Å²) in [4.78, 5) is 6.66. The predicted octanol–water partition coefficient (Wildman–Crippen LogP) is 1.92. The molecule has 1 heterocycles. The van der Waals surface area contributed by atoms with Crippen LogP contribution in [-0.2, 0) is 30.2 Å². The van der Waals surface area contributed by atoms with Gasteiger partial charge in [0, 0.05) is 32.5 Å². The lowest BCUT2D eigenvalue weighted by Gasteiger charge is -2.22. The molecule has 0 bridgehead atoms. The van der Waals surface area contributed by atoms with Gasteiger partial charge in [-0.25, -0.2) is 18.5 Å². The lowest BCUT2D eigenvalue weighted by Crippen LogP contribution is -2.38. The number of aliphatic imine (C=N–C) groups is 1. The minimum absolute atomic E-state index is 0.0852. The van der Waals surface area contributed by atoms with Gasteiger partial charge in [0.25, 0.3) is 0 Å². The third-order valence-electron chi connectivity index (χ3n) is 3.81. The monoisotopic (exact) mass is 397 g/mol. The largest absolute Gasteiger partial charge is 0.357 e. The molecule has 0 aliphatic carbocycles. The van der Waals surface area contributed by atoms with Crippen molar-refractivity contribution in [3.63, 3.8) is 0 Å². The molecule has 0 aliphatic heterocycles. The highest BCUT2D eigenvalue weighted by Gasteiger charge is 2.11. The summed E-state index contributed by atoms with van der Waals surface area (Å²) in [7, 11) is 0.153. The summed E-state index contributed by atoms with van der Waals surface area (Å²) >= 11 is 6.04. The molecule has 1 aromatic heterocycles. The van der Waals surface area contributed by atoms with Gasteiger partial charge in [-0.3, -0.25) is 0 Å². The van der Waals surface area contributed by atoms with E-state index in [0.717, 1.165) is 11.3 Å². The number of hydrogen-bond acceptors (Lipinski definition) is 3. The molecule has 0 unspecified atom stereocenters. The van der Waals surface area contributed by atoms with Crippen LogP contribution in [0.15, 0.2) is 46.4 Å². The van der Waals surface area contributed by atoms with Crippen molar-refractivity contribution in [2.75, 3.05) is 13.6 Å². The Morgan fingerprint density at radius 1 is 1.38 bits per heavy atom. The van der Waals surface area contributed by atoms with Crippen LogP contribution in [0.3, 0.4) is 0 Å². The molecule has 0 fully saturated rings. The third-order valence-corrected chi connectivity index (χ3v) is 4.93. The van der Waals surface area contributed by atoms with E-state index in [1.165, 1.54) is 6.07 Å². The second-order valence-electron chi connectivity index (χ2n) is 5.98. The SMILES string of the molecule is CCNC(=NCc1cccc(S(N)(=O)=O)c1)N(C)Cc1cc(Cl)cn1C. The third kappa shape index (κ3) is 5.48. The molecule has 26 heavy (non-hydrogen) atoms. The van der Waals surface area contributed by atoms with Crippen molar-refractivity contribution in [1.82, 2.24) is 14.8 Å². The molecule has 7 nitrogen and oxygen atoms in total. The molecule has 142 valence electrons. The van der Waals surface area contributed by atoms with Crippen molar-refractivity contribution in [3.05, 3.63) is 52.8 Å². The van der Waals surface area contributed by atoms with Crippen LogP contribution in [0.1, 0.15) is 18.2 Å². The number of aromatic nitrogens is 1. The van der Waals surface area contributed by atoms with E-state index in [0.29, 0.717) is 30.6 Å². The second-order valence-corrected chi connectivity index (χ2v) is 7.98. The first kappa shape index (κ1) is 20.3. The van der Waals surface area contributed by atoms with Gasteiger partial charge in [-0.05, 0) is 30.7 Å². The zero-order valence-electron chi connectivity index (χ0n) is 15.1. The Labute approximate surface area is 159 Å². The fourth-order valence-corrected chi connectivity index (χ4v) is 3.35. The highest BCUT2D eigenvalue weighted by atomic mass is 35.5. The van der Waals surface area contributed by atoms with E-state index in [-0.39, 0.29) is 4.90 Å². The number of guanidine groups is 1. The highest BCUT2D eigenvalue weighted by Crippen LogP contribution is 2.15. The average Bonchev–Trinajstić information content (AvgIpc) is 2.88. The molecule has 1 aromatic carbocycles. The average molecular weight is 398 g/mol. The number of sulfonamides is 1. The number of nitrogens with two attached hydrogens (primary N) is 1. The normalized spacial score (nSPS) is 12.3. The molecule has 9 heteroatoms. The zero-order chi connectivity index (χ0) is 19.3. The Bertz CT molecular complexity index is 892. The Kier molecular flexibility index (Phi) is 6.69. The van der Waals surface area contributed by atoms with E-state index in [1.807, 2.05) is 48.8 Å². The van der Waals surface area contributed by atoms with E-state index >= 15 is 0 Å². The first-order valence-corrected chi connectivity index (χ1v) is 10.0. The van der Waals surface area contributed by atoms with Crippen LogP contribution in [0.5, 0.6) is 0 Å². The van der Waals surface area contributed by atoms with Crippen LogP contribution in [-0.4, -0.2) is 37.4 Å². The van der Waals surface area contributed by atoms with Crippen LogP contribution in [0.4, 0.5) is 0 Å². The number of rotatable bonds is 6. The Morgan fingerprint density at radius 2 is 2.12 bits per heavy atom. The van der Waals surface area contributed by atoms with Crippen LogP contribution in [0.25, 0.3) is 0 Å². The van der Waals surface area contributed by atoms with Crippen molar-refractivity contribution in [2.45, 2.75) is 24.9 Å². The van der Waals surface area contributed by atoms with Crippen molar-refractivity contribution in [3.8, 4) is 0 Å². The maximum Gasteiger partial charge on any atom is 0.238 e. The van der Waals surface area contributed by atoms with Gasteiger partial charge in [0.1, 0.15) is 0 Å². The number of hydrogen-bond donors (Lipinski definition) is 2. The van der Waals surface area contributed by atoms with E-state index in [4.69, 9.17) is 16.7 Å². The molecule has 0 amide bonds. The van der Waals surface area contributed by atoms with E-state index < -0.39 is 10.0 Å². The zero-order valence-corrected chi connectivity index (χ0v) is 16.7.